The first kappa shape index (κ1) is 24.3. The van der Waals surface area contributed by atoms with E-state index in [1.54, 1.807) is 18.2 Å². The molecule has 0 saturated heterocycles. The molecule has 1 aromatic heterocycles. The van der Waals surface area contributed by atoms with Crippen molar-refractivity contribution in [3.05, 3.63) is 53.4 Å². The molecule has 0 fully saturated rings. The predicted molar refractivity (Wildman–Crippen MR) is 124 cm³/mol. The second kappa shape index (κ2) is 10.5. The summed E-state index contributed by atoms with van der Waals surface area (Å²) in [4.78, 5) is 8.42. The lowest BCUT2D eigenvalue weighted by atomic mass is 10.2. The fourth-order valence-electron chi connectivity index (χ4n) is 2.72. The van der Waals surface area contributed by atoms with Gasteiger partial charge in [-0.15, -0.1) is 0 Å². The number of hydrogen-bond donors (Lipinski definition) is 4. The molecule has 0 aliphatic rings. The number of rotatable bonds is 10. The van der Waals surface area contributed by atoms with Gasteiger partial charge in [-0.25, -0.2) is 17.8 Å². The maximum absolute atomic E-state index is 14.3. The Morgan fingerprint density at radius 1 is 1.18 bits per heavy atom. The molecule has 0 aliphatic carbocycles. The third-order valence-corrected chi connectivity index (χ3v) is 4.93. The van der Waals surface area contributed by atoms with Gasteiger partial charge in [0, 0.05) is 6.07 Å². The van der Waals surface area contributed by atoms with Gasteiger partial charge < -0.3 is 25.2 Å². The number of para-hydroxylation sites is 1. The van der Waals surface area contributed by atoms with Crippen molar-refractivity contribution in [3.8, 4) is 11.5 Å². The highest BCUT2D eigenvalue weighted by Gasteiger charge is 2.16. The van der Waals surface area contributed by atoms with Crippen LogP contribution in [0.3, 0.4) is 0 Å². The van der Waals surface area contributed by atoms with E-state index in [2.05, 4.69) is 25.3 Å². The first-order valence-corrected chi connectivity index (χ1v) is 11.7. The molecule has 0 atom stereocenters. The van der Waals surface area contributed by atoms with Gasteiger partial charge in [0.1, 0.15) is 34.6 Å². The topological polar surface area (TPSA) is 135 Å². The van der Waals surface area contributed by atoms with Crippen LogP contribution < -0.4 is 24.8 Å². The van der Waals surface area contributed by atoms with Crippen LogP contribution in [0.25, 0.3) is 0 Å². The predicted octanol–water partition coefficient (Wildman–Crippen LogP) is 3.51. The Labute approximate surface area is 194 Å². The molecule has 176 valence electrons. The van der Waals surface area contributed by atoms with E-state index < -0.39 is 15.8 Å². The third-order valence-electron chi connectivity index (χ3n) is 4.08. The van der Waals surface area contributed by atoms with Gasteiger partial charge >= 0.3 is 0 Å². The fourth-order valence-corrected chi connectivity index (χ4v) is 3.44. The number of ether oxygens (including phenoxy) is 2. The highest BCUT2D eigenvalue weighted by Crippen LogP contribution is 2.34. The number of aliphatic hydroxyl groups excluding tert-OH is 1. The minimum Gasteiger partial charge on any atom is -0.495 e. The Bertz CT molecular complexity index is 1250. The molecule has 3 rings (SSSR count). The van der Waals surface area contributed by atoms with Gasteiger partial charge in [-0.2, -0.15) is 4.98 Å². The molecular weight excluding hydrogens is 477 g/mol. The summed E-state index contributed by atoms with van der Waals surface area (Å²) in [6.45, 7) is -0.0187. The van der Waals surface area contributed by atoms with E-state index in [9.17, 15) is 12.8 Å². The van der Waals surface area contributed by atoms with Crippen LogP contribution in [0.2, 0.25) is 5.02 Å². The van der Waals surface area contributed by atoms with Crippen LogP contribution in [0.5, 0.6) is 11.5 Å². The summed E-state index contributed by atoms with van der Waals surface area (Å²) in [5.41, 5.74) is 0.301. The summed E-state index contributed by atoms with van der Waals surface area (Å²) >= 11 is 6.20. The maximum atomic E-state index is 14.3. The number of hydrogen-bond acceptors (Lipinski definition) is 9. The Kier molecular flexibility index (Phi) is 7.74. The Morgan fingerprint density at radius 3 is 2.67 bits per heavy atom. The Balaban J connectivity index is 1.91. The van der Waals surface area contributed by atoms with E-state index in [-0.39, 0.29) is 41.4 Å². The summed E-state index contributed by atoms with van der Waals surface area (Å²) in [5, 5.41) is 14.9. The smallest absolute Gasteiger partial charge is 0.229 e. The standard InChI is InChI=1S/C20H21ClFN5O5S/c1-31-17-7-6-12(32-9-8-28)10-16(17)25-20-23-11-13(21)19(26-20)24-15-5-3-4-14(22)18(15)27-33(2,29)30/h3-7,10-11,27-28H,8-9H2,1-2H3,(H2,23,24,25,26). The Morgan fingerprint density at radius 2 is 1.97 bits per heavy atom. The van der Waals surface area contributed by atoms with E-state index in [4.69, 9.17) is 26.2 Å². The normalized spacial score (nSPS) is 11.1. The zero-order chi connectivity index (χ0) is 24.0. The largest absolute Gasteiger partial charge is 0.495 e. The van der Waals surface area contributed by atoms with Crippen LogP contribution in [-0.2, 0) is 10.0 Å². The van der Waals surface area contributed by atoms with Crippen LogP contribution >= 0.6 is 11.6 Å². The van der Waals surface area contributed by atoms with Crippen molar-refractivity contribution >= 4 is 50.5 Å². The molecule has 13 heteroatoms. The van der Waals surface area contributed by atoms with Crippen molar-refractivity contribution in [2.45, 2.75) is 0 Å². The highest BCUT2D eigenvalue weighted by atomic mass is 35.5. The second-order valence-corrected chi connectivity index (χ2v) is 8.77. The molecule has 0 amide bonds. The van der Waals surface area contributed by atoms with Crippen molar-refractivity contribution in [3.63, 3.8) is 0 Å². The molecule has 0 spiro atoms. The molecule has 33 heavy (non-hydrogen) atoms. The number of benzene rings is 2. The SMILES string of the molecule is COc1ccc(OCCO)cc1Nc1ncc(Cl)c(Nc2cccc(F)c2NS(C)(=O)=O)n1. The van der Waals surface area contributed by atoms with Gasteiger partial charge in [-0.05, 0) is 24.3 Å². The van der Waals surface area contributed by atoms with Crippen LogP contribution in [0, 0.1) is 5.82 Å². The number of anilines is 5. The minimum absolute atomic E-state index is 0.1000. The molecular formula is C20H21ClFN5O5S. The molecule has 0 aliphatic heterocycles. The number of aliphatic hydroxyl groups is 1. The number of sulfonamides is 1. The quantitative estimate of drug-likeness (QED) is 0.332. The first-order valence-electron chi connectivity index (χ1n) is 9.44. The van der Waals surface area contributed by atoms with Crippen molar-refractivity contribution in [1.29, 1.82) is 0 Å². The van der Waals surface area contributed by atoms with E-state index in [0.717, 1.165) is 12.3 Å². The summed E-state index contributed by atoms with van der Waals surface area (Å²) in [7, 11) is -2.25. The van der Waals surface area contributed by atoms with Crippen LogP contribution in [0.1, 0.15) is 0 Å². The zero-order valence-electron chi connectivity index (χ0n) is 17.6. The van der Waals surface area contributed by atoms with Gasteiger partial charge in [0.05, 0.1) is 37.5 Å². The second-order valence-electron chi connectivity index (χ2n) is 6.61. The molecule has 0 unspecified atom stereocenters. The lowest BCUT2D eigenvalue weighted by molar-refractivity contribution is 0.201. The van der Waals surface area contributed by atoms with Crippen LogP contribution in [0.15, 0.2) is 42.6 Å². The van der Waals surface area contributed by atoms with Crippen molar-refractivity contribution in [1.82, 2.24) is 9.97 Å². The molecule has 10 nitrogen and oxygen atoms in total. The number of methoxy groups -OCH3 is 1. The summed E-state index contributed by atoms with van der Waals surface area (Å²) in [6.07, 6.45) is 2.23. The zero-order valence-corrected chi connectivity index (χ0v) is 19.2. The average Bonchev–Trinajstić information content (AvgIpc) is 2.76. The molecule has 3 aromatic rings. The molecule has 1 heterocycles. The van der Waals surface area contributed by atoms with Crippen molar-refractivity contribution in [2.24, 2.45) is 0 Å². The molecule has 0 bridgehead atoms. The van der Waals surface area contributed by atoms with E-state index in [1.807, 2.05) is 0 Å². The monoisotopic (exact) mass is 497 g/mol. The van der Waals surface area contributed by atoms with E-state index >= 15 is 0 Å². The van der Waals surface area contributed by atoms with Crippen molar-refractivity contribution < 1.29 is 27.4 Å². The molecule has 2 aromatic carbocycles. The Hall–Kier alpha value is -3.35. The minimum atomic E-state index is -3.74. The van der Waals surface area contributed by atoms with Gasteiger partial charge in [-0.1, -0.05) is 17.7 Å². The summed E-state index contributed by atoms with van der Waals surface area (Å²) in [6, 6.07) is 8.97. The van der Waals surface area contributed by atoms with E-state index in [1.165, 1.54) is 25.4 Å². The highest BCUT2D eigenvalue weighted by molar-refractivity contribution is 7.92. The summed E-state index contributed by atoms with van der Waals surface area (Å²) in [5.74, 6) is 0.398. The van der Waals surface area contributed by atoms with Crippen molar-refractivity contribution in [2.75, 3.05) is 41.9 Å². The lowest BCUT2D eigenvalue weighted by Gasteiger charge is -2.15. The summed E-state index contributed by atoms with van der Waals surface area (Å²) < 4.78 is 50.4. The number of nitrogens with one attached hydrogen (secondary N) is 3. The van der Waals surface area contributed by atoms with Gasteiger partial charge in [0.2, 0.25) is 16.0 Å². The first-order chi connectivity index (χ1) is 15.7. The number of halogens is 2. The van der Waals surface area contributed by atoms with Gasteiger partial charge in [0.25, 0.3) is 0 Å². The fraction of sp³-hybridized carbons (Fsp3) is 0.200. The number of aromatic nitrogens is 2. The molecule has 4 N–H and O–H groups in total. The molecule has 0 radical (unpaired) electrons. The average molecular weight is 498 g/mol. The lowest BCUT2D eigenvalue weighted by Crippen LogP contribution is -2.13. The molecule has 0 saturated carbocycles. The third kappa shape index (κ3) is 6.57. The van der Waals surface area contributed by atoms with Crippen LogP contribution in [0.4, 0.5) is 33.2 Å². The number of nitrogens with zero attached hydrogens (tertiary/aromatic N) is 2. The van der Waals surface area contributed by atoms with Crippen LogP contribution in [-0.4, -0.2) is 50.1 Å². The van der Waals surface area contributed by atoms with Gasteiger partial charge in [0.15, 0.2) is 5.82 Å². The maximum Gasteiger partial charge on any atom is 0.229 e. The van der Waals surface area contributed by atoms with Gasteiger partial charge in [-0.3, -0.25) is 4.72 Å². The van der Waals surface area contributed by atoms with E-state index in [0.29, 0.717) is 17.2 Å².